The molecule has 0 saturated carbocycles. The van der Waals surface area contributed by atoms with Crippen LogP contribution in [-0.4, -0.2) is 20.1 Å². The molecule has 0 aliphatic heterocycles. The zero-order valence-corrected chi connectivity index (χ0v) is 12.6. The average molecular weight is 319 g/mol. The normalized spacial score (nSPS) is 10.6. The Balaban J connectivity index is 2.14. The summed E-state index contributed by atoms with van der Waals surface area (Å²) in [5, 5.41) is 2.33. The van der Waals surface area contributed by atoms with E-state index in [9.17, 15) is 13.6 Å². The van der Waals surface area contributed by atoms with Crippen LogP contribution in [-0.2, 0) is 4.79 Å². The number of amides is 1. The van der Waals surface area contributed by atoms with Gasteiger partial charge in [0.2, 0.25) is 5.91 Å². The zero-order valence-electron chi connectivity index (χ0n) is 12.6. The van der Waals surface area contributed by atoms with Gasteiger partial charge in [0.25, 0.3) is 0 Å². The van der Waals surface area contributed by atoms with Crippen LogP contribution in [0.1, 0.15) is 5.56 Å². The molecule has 1 N–H and O–H groups in total. The van der Waals surface area contributed by atoms with Gasteiger partial charge in [-0.25, -0.2) is 8.78 Å². The van der Waals surface area contributed by atoms with Crippen LogP contribution in [0.5, 0.6) is 11.5 Å². The molecule has 0 spiro atoms. The zero-order chi connectivity index (χ0) is 16.8. The third-order valence-corrected chi connectivity index (χ3v) is 3.04. The highest BCUT2D eigenvalue weighted by Crippen LogP contribution is 2.25. The number of anilines is 1. The van der Waals surface area contributed by atoms with Crippen molar-refractivity contribution in [1.29, 1.82) is 0 Å². The van der Waals surface area contributed by atoms with Crippen LogP contribution in [0.15, 0.2) is 42.5 Å². The van der Waals surface area contributed by atoms with E-state index < -0.39 is 17.5 Å². The first-order valence-corrected chi connectivity index (χ1v) is 6.69. The lowest BCUT2D eigenvalue weighted by atomic mass is 10.1. The molecule has 0 fully saturated rings. The SMILES string of the molecule is COc1ccc(OC)c(/C=C/C(=O)Nc2ccc(F)cc2F)c1. The molecule has 0 aliphatic carbocycles. The van der Waals surface area contributed by atoms with E-state index in [2.05, 4.69) is 5.32 Å². The Morgan fingerprint density at radius 1 is 1.09 bits per heavy atom. The van der Waals surface area contributed by atoms with Crippen LogP contribution in [0.25, 0.3) is 6.08 Å². The first-order chi connectivity index (χ1) is 11.0. The predicted molar refractivity (Wildman–Crippen MR) is 83.6 cm³/mol. The second kappa shape index (κ2) is 7.40. The number of hydrogen-bond acceptors (Lipinski definition) is 3. The molecule has 23 heavy (non-hydrogen) atoms. The lowest BCUT2D eigenvalue weighted by molar-refractivity contribution is -0.111. The standard InChI is InChI=1S/C17H15F2NO3/c1-22-13-5-7-16(23-2)11(9-13)3-8-17(21)20-15-6-4-12(18)10-14(15)19/h3-10H,1-2H3,(H,20,21)/b8-3+. The highest BCUT2D eigenvalue weighted by Gasteiger charge is 2.07. The van der Waals surface area contributed by atoms with Crippen molar-refractivity contribution in [3.8, 4) is 11.5 Å². The maximum Gasteiger partial charge on any atom is 0.248 e. The Kier molecular flexibility index (Phi) is 5.30. The van der Waals surface area contributed by atoms with E-state index >= 15 is 0 Å². The summed E-state index contributed by atoms with van der Waals surface area (Å²) >= 11 is 0. The first-order valence-electron chi connectivity index (χ1n) is 6.69. The fraction of sp³-hybridized carbons (Fsp3) is 0.118. The van der Waals surface area contributed by atoms with Crippen LogP contribution >= 0.6 is 0 Å². The summed E-state index contributed by atoms with van der Waals surface area (Å²) in [7, 11) is 3.03. The van der Waals surface area contributed by atoms with Gasteiger partial charge in [0.15, 0.2) is 0 Å². The fourth-order valence-corrected chi connectivity index (χ4v) is 1.90. The maximum atomic E-state index is 13.5. The molecule has 2 rings (SSSR count). The van der Waals surface area contributed by atoms with Gasteiger partial charge in [-0.05, 0) is 36.4 Å². The largest absolute Gasteiger partial charge is 0.497 e. The van der Waals surface area contributed by atoms with Gasteiger partial charge in [0, 0.05) is 17.7 Å². The van der Waals surface area contributed by atoms with Crippen LogP contribution < -0.4 is 14.8 Å². The van der Waals surface area contributed by atoms with Gasteiger partial charge in [-0.15, -0.1) is 0 Å². The Bertz CT molecular complexity index is 745. The number of hydrogen-bond donors (Lipinski definition) is 1. The number of carbonyl (C=O) groups excluding carboxylic acids is 1. The molecule has 0 heterocycles. The Hall–Kier alpha value is -2.89. The molecule has 0 atom stereocenters. The van der Waals surface area contributed by atoms with Crippen molar-refractivity contribution >= 4 is 17.7 Å². The summed E-state index contributed by atoms with van der Waals surface area (Å²) in [6.07, 6.45) is 2.73. The summed E-state index contributed by atoms with van der Waals surface area (Å²) in [6.45, 7) is 0. The monoisotopic (exact) mass is 319 g/mol. The Morgan fingerprint density at radius 2 is 1.87 bits per heavy atom. The molecule has 120 valence electrons. The van der Waals surface area contributed by atoms with Gasteiger partial charge in [-0.1, -0.05) is 0 Å². The first kappa shape index (κ1) is 16.5. The summed E-state index contributed by atoms with van der Waals surface area (Å²) in [4.78, 5) is 11.8. The van der Waals surface area contributed by atoms with E-state index in [-0.39, 0.29) is 5.69 Å². The molecule has 0 saturated heterocycles. The molecule has 4 nitrogen and oxygen atoms in total. The molecular weight excluding hydrogens is 304 g/mol. The highest BCUT2D eigenvalue weighted by atomic mass is 19.1. The number of halogens is 2. The molecule has 0 radical (unpaired) electrons. The molecule has 0 bridgehead atoms. The third-order valence-electron chi connectivity index (χ3n) is 3.04. The van der Waals surface area contributed by atoms with E-state index in [1.165, 1.54) is 26.4 Å². The third kappa shape index (κ3) is 4.29. The van der Waals surface area contributed by atoms with Crippen molar-refractivity contribution < 1.29 is 23.0 Å². The van der Waals surface area contributed by atoms with Crippen molar-refractivity contribution in [2.45, 2.75) is 0 Å². The van der Waals surface area contributed by atoms with E-state index in [1.807, 2.05) is 0 Å². The van der Waals surface area contributed by atoms with Gasteiger partial charge >= 0.3 is 0 Å². The summed E-state index contributed by atoms with van der Waals surface area (Å²) in [5.74, 6) is -0.943. The summed E-state index contributed by atoms with van der Waals surface area (Å²) in [5.41, 5.74) is 0.528. The van der Waals surface area contributed by atoms with E-state index in [1.54, 1.807) is 18.2 Å². The van der Waals surface area contributed by atoms with Crippen molar-refractivity contribution in [2.75, 3.05) is 19.5 Å². The molecule has 0 aromatic heterocycles. The fourth-order valence-electron chi connectivity index (χ4n) is 1.90. The van der Waals surface area contributed by atoms with E-state index in [0.29, 0.717) is 23.1 Å². The minimum absolute atomic E-state index is 0.0985. The maximum absolute atomic E-state index is 13.5. The smallest absolute Gasteiger partial charge is 0.248 e. The van der Waals surface area contributed by atoms with Gasteiger partial charge in [0.1, 0.15) is 23.1 Å². The topological polar surface area (TPSA) is 47.6 Å². The number of nitrogens with one attached hydrogen (secondary N) is 1. The number of ether oxygens (including phenoxy) is 2. The second-order valence-electron chi connectivity index (χ2n) is 4.55. The van der Waals surface area contributed by atoms with Gasteiger partial charge in [0.05, 0.1) is 19.9 Å². The quantitative estimate of drug-likeness (QED) is 0.856. The van der Waals surface area contributed by atoms with E-state index in [4.69, 9.17) is 9.47 Å². The van der Waals surface area contributed by atoms with Crippen LogP contribution in [0.3, 0.4) is 0 Å². The predicted octanol–water partition coefficient (Wildman–Crippen LogP) is 3.63. The van der Waals surface area contributed by atoms with Crippen molar-refractivity contribution in [1.82, 2.24) is 0 Å². The van der Waals surface area contributed by atoms with Crippen molar-refractivity contribution in [2.24, 2.45) is 0 Å². The Labute approximate surface area is 132 Å². The van der Waals surface area contributed by atoms with Crippen LogP contribution in [0, 0.1) is 11.6 Å². The minimum Gasteiger partial charge on any atom is -0.497 e. The van der Waals surface area contributed by atoms with Crippen molar-refractivity contribution in [3.05, 3.63) is 59.7 Å². The Morgan fingerprint density at radius 3 is 2.52 bits per heavy atom. The molecule has 0 unspecified atom stereocenters. The highest BCUT2D eigenvalue weighted by molar-refractivity contribution is 6.02. The van der Waals surface area contributed by atoms with Gasteiger partial charge in [-0.3, -0.25) is 4.79 Å². The molecule has 6 heteroatoms. The van der Waals surface area contributed by atoms with Crippen LogP contribution in [0.2, 0.25) is 0 Å². The van der Waals surface area contributed by atoms with Gasteiger partial charge in [-0.2, -0.15) is 0 Å². The molecule has 0 aliphatic rings. The van der Waals surface area contributed by atoms with Crippen LogP contribution in [0.4, 0.5) is 14.5 Å². The number of methoxy groups -OCH3 is 2. The number of benzene rings is 2. The lowest BCUT2D eigenvalue weighted by Gasteiger charge is -2.07. The number of rotatable bonds is 5. The average Bonchev–Trinajstić information content (AvgIpc) is 2.55. The van der Waals surface area contributed by atoms with E-state index in [0.717, 1.165) is 12.1 Å². The van der Waals surface area contributed by atoms with Gasteiger partial charge < -0.3 is 14.8 Å². The number of carbonyl (C=O) groups is 1. The summed E-state index contributed by atoms with van der Waals surface area (Å²) in [6, 6.07) is 8.04. The minimum atomic E-state index is -0.842. The lowest BCUT2D eigenvalue weighted by Crippen LogP contribution is -2.09. The molecule has 1 amide bonds. The molecular formula is C17H15F2NO3. The summed E-state index contributed by atoms with van der Waals surface area (Å²) < 4.78 is 36.6. The van der Waals surface area contributed by atoms with Crippen molar-refractivity contribution in [3.63, 3.8) is 0 Å². The second-order valence-corrected chi connectivity index (χ2v) is 4.55. The molecule has 2 aromatic carbocycles. The molecule has 2 aromatic rings.